The summed E-state index contributed by atoms with van der Waals surface area (Å²) in [4.78, 5) is 11.7. The molecule has 0 saturated heterocycles. The Morgan fingerprint density at radius 1 is 0.909 bits per heavy atom. The van der Waals surface area contributed by atoms with Crippen molar-refractivity contribution in [2.75, 3.05) is 0 Å². The Hall–Kier alpha value is -0.830. The van der Waals surface area contributed by atoms with Gasteiger partial charge in [0, 0.05) is 10.9 Å². The summed E-state index contributed by atoms with van der Waals surface area (Å²) < 4.78 is 6.32. The topological polar surface area (TPSA) is 26.3 Å². The maximum absolute atomic E-state index is 11.7. The summed E-state index contributed by atoms with van der Waals surface area (Å²) >= 11 is 3.39. The van der Waals surface area contributed by atoms with Crippen LogP contribution in [0, 0.1) is 0 Å². The number of esters is 1. The van der Waals surface area contributed by atoms with Gasteiger partial charge in [-0.2, -0.15) is 0 Å². The highest BCUT2D eigenvalue weighted by atomic mass is 79.9. The van der Waals surface area contributed by atoms with Gasteiger partial charge in [0.05, 0.1) is 0 Å². The number of hydrogen-bond acceptors (Lipinski definition) is 2. The Balaban J connectivity index is 1.94. The molecule has 0 amide bonds. The van der Waals surface area contributed by atoms with Gasteiger partial charge in [0.25, 0.3) is 0 Å². The van der Waals surface area contributed by atoms with Crippen molar-refractivity contribution in [3.8, 4) is 0 Å². The second kappa shape index (κ2) is 12.7. The molecule has 0 saturated carbocycles. The lowest BCUT2D eigenvalue weighted by molar-refractivity contribution is -0.145. The van der Waals surface area contributed by atoms with Crippen LogP contribution < -0.4 is 0 Å². The van der Waals surface area contributed by atoms with Gasteiger partial charge in [0.15, 0.2) is 0 Å². The van der Waals surface area contributed by atoms with Crippen LogP contribution in [0.25, 0.3) is 0 Å². The molecule has 3 heteroatoms. The van der Waals surface area contributed by atoms with Crippen LogP contribution in [0.15, 0.2) is 28.7 Å². The van der Waals surface area contributed by atoms with E-state index < -0.39 is 0 Å². The molecular formula is C19H29BrO2. The highest BCUT2D eigenvalue weighted by Gasteiger charge is 2.03. The lowest BCUT2D eigenvalue weighted by Crippen LogP contribution is -2.04. The Morgan fingerprint density at radius 2 is 1.45 bits per heavy atom. The van der Waals surface area contributed by atoms with Crippen molar-refractivity contribution in [3.05, 3.63) is 34.3 Å². The van der Waals surface area contributed by atoms with Crippen molar-refractivity contribution < 1.29 is 9.53 Å². The number of ether oxygens (including phenoxy) is 1. The fraction of sp³-hybridized carbons (Fsp3) is 0.632. The van der Waals surface area contributed by atoms with Crippen LogP contribution in [0.4, 0.5) is 0 Å². The zero-order chi connectivity index (χ0) is 16.0. The van der Waals surface area contributed by atoms with E-state index in [1.165, 1.54) is 44.9 Å². The molecule has 0 aliphatic carbocycles. The van der Waals surface area contributed by atoms with E-state index in [-0.39, 0.29) is 5.97 Å². The van der Waals surface area contributed by atoms with E-state index >= 15 is 0 Å². The fourth-order valence-corrected chi connectivity index (χ4v) is 2.66. The molecule has 0 heterocycles. The zero-order valence-corrected chi connectivity index (χ0v) is 15.4. The molecule has 1 aromatic rings. The first-order valence-electron chi connectivity index (χ1n) is 8.62. The minimum absolute atomic E-state index is 0.0779. The van der Waals surface area contributed by atoms with Gasteiger partial charge in [-0.25, -0.2) is 0 Å². The molecule has 0 fully saturated rings. The standard InChI is InChI=1S/C19H29BrO2/c1-2-3-4-5-6-7-8-9-10-11-19(21)22-16-17-12-14-18(20)15-13-17/h12-15H,2-11,16H2,1H3. The average molecular weight is 369 g/mol. The normalized spacial score (nSPS) is 10.6. The largest absolute Gasteiger partial charge is 0.461 e. The molecule has 0 bridgehead atoms. The van der Waals surface area contributed by atoms with Gasteiger partial charge in [-0.05, 0) is 24.1 Å². The van der Waals surface area contributed by atoms with Crippen LogP contribution >= 0.6 is 15.9 Å². The van der Waals surface area contributed by atoms with E-state index in [1.54, 1.807) is 0 Å². The minimum Gasteiger partial charge on any atom is -0.461 e. The molecule has 0 atom stereocenters. The Kier molecular flexibility index (Phi) is 11.1. The number of rotatable bonds is 12. The van der Waals surface area contributed by atoms with Gasteiger partial charge in [-0.3, -0.25) is 4.79 Å². The van der Waals surface area contributed by atoms with Crippen LogP contribution in [-0.4, -0.2) is 5.97 Å². The second-order valence-electron chi connectivity index (χ2n) is 5.87. The third kappa shape index (κ3) is 9.99. The first kappa shape index (κ1) is 19.2. The Bertz CT molecular complexity index is 400. The third-order valence-electron chi connectivity index (χ3n) is 3.80. The van der Waals surface area contributed by atoms with E-state index in [0.29, 0.717) is 13.0 Å². The van der Waals surface area contributed by atoms with Crippen LogP contribution in [0.1, 0.15) is 76.7 Å². The van der Waals surface area contributed by atoms with Crippen molar-refractivity contribution in [2.24, 2.45) is 0 Å². The summed E-state index contributed by atoms with van der Waals surface area (Å²) in [5, 5.41) is 0. The van der Waals surface area contributed by atoms with Crippen molar-refractivity contribution in [1.82, 2.24) is 0 Å². The first-order valence-corrected chi connectivity index (χ1v) is 9.41. The van der Waals surface area contributed by atoms with E-state index in [0.717, 1.165) is 22.9 Å². The molecule has 124 valence electrons. The summed E-state index contributed by atoms with van der Waals surface area (Å²) in [6.07, 6.45) is 11.9. The highest BCUT2D eigenvalue weighted by Crippen LogP contribution is 2.13. The molecule has 0 radical (unpaired) electrons. The number of halogens is 1. The SMILES string of the molecule is CCCCCCCCCCCC(=O)OCc1ccc(Br)cc1. The number of hydrogen-bond donors (Lipinski definition) is 0. The number of carbonyl (C=O) groups is 1. The number of unbranched alkanes of at least 4 members (excludes halogenated alkanes) is 8. The second-order valence-corrected chi connectivity index (χ2v) is 6.78. The average Bonchev–Trinajstić information content (AvgIpc) is 2.53. The summed E-state index contributed by atoms with van der Waals surface area (Å²) in [6, 6.07) is 7.86. The fourth-order valence-electron chi connectivity index (χ4n) is 2.40. The predicted octanol–water partition coefficient (Wildman–Crippen LogP) is 6.41. The maximum Gasteiger partial charge on any atom is 0.306 e. The van der Waals surface area contributed by atoms with Gasteiger partial charge >= 0.3 is 5.97 Å². The molecule has 2 nitrogen and oxygen atoms in total. The van der Waals surface area contributed by atoms with Crippen molar-refractivity contribution in [1.29, 1.82) is 0 Å². The van der Waals surface area contributed by atoms with Gasteiger partial charge in [-0.1, -0.05) is 86.4 Å². The number of benzene rings is 1. The molecule has 22 heavy (non-hydrogen) atoms. The van der Waals surface area contributed by atoms with E-state index in [1.807, 2.05) is 24.3 Å². The third-order valence-corrected chi connectivity index (χ3v) is 4.33. The van der Waals surface area contributed by atoms with Gasteiger partial charge in [-0.15, -0.1) is 0 Å². The lowest BCUT2D eigenvalue weighted by atomic mass is 10.1. The predicted molar refractivity (Wildman–Crippen MR) is 95.8 cm³/mol. The summed E-state index contributed by atoms with van der Waals surface area (Å²) in [5.74, 6) is -0.0779. The monoisotopic (exact) mass is 368 g/mol. The van der Waals surface area contributed by atoms with Gasteiger partial charge in [0.1, 0.15) is 6.61 Å². The van der Waals surface area contributed by atoms with Crippen LogP contribution in [0.5, 0.6) is 0 Å². The van der Waals surface area contributed by atoms with Crippen molar-refractivity contribution >= 4 is 21.9 Å². The highest BCUT2D eigenvalue weighted by molar-refractivity contribution is 9.10. The molecule has 1 aromatic carbocycles. The molecule has 0 aromatic heterocycles. The summed E-state index contributed by atoms with van der Waals surface area (Å²) in [6.45, 7) is 2.62. The summed E-state index contributed by atoms with van der Waals surface area (Å²) in [5.41, 5.74) is 1.03. The van der Waals surface area contributed by atoms with Crippen molar-refractivity contribution in [3.63, 3.8) is 0 Å². The van der Waals surface area contributed by atoms with E-state index in [4.69, 9.17) is 4.74 Å². The van der Waals surface area contributed by atoms with Crippen LogP contribution in [0.3, 0.4) is 0 Å². The smallest absolute Gasteiger partial charge is 0.306 e. The van der Waals surface area contributed by atoms with Crippen LogP contribution in [-0.2, 0) is 16.1 Å². The van der Waals surface area contributed by atoms with Gasteiger partial charge in [0.2, 0.25) is 0 Å². The number of carbonyl (C=O) groups excluding carboxylic acids is 1. The maximum atomic E-state index is 11.7. The molecule has 0 spiro atoms. The van der Waals surface area contributed by atoms with E-state index in [2.05, 4.69) is 22.9 Å². The van der Waals surface area contributed by atoms with Gasteiger partial charge < -0.3 is 4.74 Å². The molecule has 1 rings (SSSR count). The van der Waals surface area contributed by atoms with E-state index in [9.17, 15) is 4.79 Å². The molecule has 0 aliphatic rings. The first-order chi connectivity index (χ1) is 10.7. The lowest BCUT2D eigenvalue weighted by Gasteiger charge is -2.05. The zero-order valence-electron chi connectivity index (χ0n) is 13.8. The quantitative estimate of drug-likeness (QED) is 0.314. The van der Waals surface area contributed by atoms with Crippen molar-refractivity contribution in [2.45, 2.75) is 77.7 Å². The minimum atomic E-state index is -0.0779. The Labute approximate surface area is 143 Å². The molecular weight excluding hydrogens is 340 g/mol. The molecule has 0 unspecified atom stereocenters. The Morgan fingerprint density at radius 3 is 2.05 bits per heavy atom. The molecule has 0 N–H and O–H groups in total. The molecule has 0 aliphatic heterocycles. The van der Waals surface area contributed by atoms with Crippen LogP contribution in [0.2, 0.25) is 0 Å². The summed E-state index contributed by atoms with van der Waals surface area (Å²) in [7, 11) is 0.